The van der Waals surface area contributed by atoms with Crippen LogP contribution in [0.3, 0.4) is 0 Å². The summed E-state index contributed by atoms with van der Waals surface area (Å²) in [5, 5.41) is 11.7. The average molecular weight is 239 g/mol. The highest BCUT2D eigenvalue weighted by atomic mass is 19.1. The van der Waals surface area contributed by atoms with Crippen LogP contribution in [0.25, 0.3) is 0 Å². The normalized spacial score (nSPS) is 14.1. The first-order valence-electron chi connectivity index (χ1n) is 5.67. The summed E-state index contributed by atoms with van der Waals surface area (Å²) in [5.74, 6) is -0.409. The van der Waals surface area contributed by atoms with Gasteiger partial charge in [0, 0.05) is 12.6 Å². The second kappa shape index (κ2) is 6.35. The van der Waals surface area contributed by atoms with Crippen molar-refractivity contribution in [3.63, 3.8) is 0 Å². The lowest BCUT2D eigenvalue weighted by molar-refractivity contribution is -0.121. The van der Waals surface area contributed by atoms with Crippen molar-refractivity contribution >= 4 is 5.91 Å². The Morgan fingerprint density at radius 1 is 1.35 bits per heavy atom. The van der Waals surface area contributed by atoms with Crippen LogP contribution < -0.4 is 5.32 Å². The van der Waals surface area contributed by atoms with Crippen LogP contribution >= 0.6 is 0 Å². The van der Waals surface area contributed by atoms with Gasteiger partial charge < -0.3 is 10.4 Å². The molecule has 0 aliphatic rings. The molecule has 0 saturated heterocycles. The summed E-state index contributed by atoms with van der Waals surface area (Å²) in [4.78, 5) is 11.6. The second-order valence-corrected chi connectivity index (χ2v) is 4.32. The summed E-state index contributed by atoms with van der Waals surface area (Å²) in [5.41, 5.74) is 0.771. The number of hydrogen-bond acceptors (Lipinski definition) is 2. The number of benzene rings is 1. The molecule has 0 heterocycles. The van der Waals surface area contributed by atoms with E-state index in [4.69, 9.17) is 5.11 Å². The number of halogens is 1. The fourth-order valence-corrected chi connectivity index (χ4v) is 1.39. The molecular formula is C13H18FNO2. The van der Waals surface area contributed by atoms with Gasteiger partial charge in [-0.3, -0.25) is 4.79 Å². The number of nitrogens with one attached hydrogen (secondary N) is 1. The molecule has 94 valence electrons. The zero-order chi connectivity index (χ0) is 12.8. The lowest BCUT2D eigenvalue weighted by atomic mass is 10.0. The van der Waals surface area contributed by atoms with Gasteiger partial charge in [0.1, 0.15) is 5.82 Å². The molecule has 3 nitrogen and oxygen atoms in total. The second-order valence-electron chi connectivity index (χ2n) is 4.32. The summed E-state index contributed by atoms with van der Waals surface area (Å²) in [6, 6.07) is 5.78. The summed E-state index contributed by atoms with van der Waals surface area (Å²) in [6.07, 6.45) is 0.225. The van der Waals surface area contributed by atoms with Crippen molar-refractivity contribution in [3.05, 3.63) is 35.6 Å². The third kappa shape index (κ3) is 4.53. The topological polar surface area (TPSA) is 49.3 Å². The fourth-order valence-electron chi connectivity index (χ4n) is 1.39. The Bertz CT molecular complexity index is 364. The standard InChI is InChI=1S/C13H18FNO2/c1-9(8-16)10(2)15-13(17)7-11-3-5-12(14)6-4-11/h3-6,9-10,16H,7-8H2,1-2H3,(H,15,17). The van der Waals surface area contributed by atoms with E-state index in [9.17, 15) is 9.18 Å². The largest absolute Gasteiger partial charge is 0.396 e. The minimum Gasteiger partial charge on any atom is -0.396 e. The first-order chi connectivity index (χ1) is 8.02. The fraction of sp³-hybridized carbons (Fsp3) is 0.462. The van der Waals surface area contributed by atoms with Crippen molar-refractivity contribution < 1.29 is 14.3 Å². The van der Waals surface area contributed by atoms with Gasteiger partial charge in [0.25, 0.3) is 0 Å². The van der Waals surface area contributed by atoms with Crippen molar-refractivity contribution in [2.45, 2.75) is 26.3 Å². The van der Waals surface area contributed by atoms with Crippen LogP contribution in [0.5, 0.6) is 0 Å². The Hall–Kier alpha value is -1.42. The van der Waals surface area contributed by atoms with Gasteiger partial charge in [-0.15, -0.1) is 0 Å². The van der Waals surface area contributed by atoms with E-state index in [2.05, 4.69) is 5.32 Å². The van der Waals surface area contributed by atoms with Crippen molar-refractivity contribution in [3.8, 4) is 0 Å². The third-order valence-corrected chi connectivity index (χ3v) is 2.81. The zero-order valence-electron chi connectivity index (χ0n) is 10.1. The van der Waals surface area contributed by atoms with Crippen LogP contribution in [0.15, 0.2) is 24.3 Å². The molecule has 1 rings (SSSR count). The Labute approximate surface area is 101 Å². The van der Waals surface area contributed by atoms with Crippen molar-refractivity contribution in [1.29, 1.82) is 0 Å². The molecule has 2 atom stereocenters. The molecule has 17 heavy (non-hydrogen) atoms. The number of carbonyl (C=O) groups excluding carboxylic acids is 1. The molecule has 2 unspecified atom stereocenters. The maximum Gasteiger partial charge on any atom is 0.224 e. The Kier molecular flexibility index (Phi) is 5.10. The average Bonchev–Trinajstić information content (AvgIpc) is 2.30. The summed E-state index contributed by atoms with van der Waals surface area (Å²) >= 11 is 0. The van der Waals surface area contributed by atoms with Crippen LogP contribution in [0.1, 0.15) is 19.4 Å². The van der Waals surface area contributed by atoms with Gasteiger partial charge in [-0.05, 0) is 30.5 Å². The van der Waals surface area contributed by atoms with Crippen molar-refractivity contribution in [2.75, 3.05) is 6.61 Å². The van der Waals surface area contributed by atoms with Crippen molar-refractivity contribution in [2.24, 2.45) is 5.92 Å². The van der Waals surface area contributed by atoms with E-state index in [1.54, 1.807) is 12.1 Å². The van der Waals surface area contributed by atoms with Crippen LogP contribution in [-0.4, -0.2) is 23.7 Å². The molecule has 0 spiro atoms. The summed E-state index contributed by atoms with van der Waals surface area (Å²) < 4.78 is 12.7. The highest BCUT2D eigenvalue weighted by molar-refractivity contribution is 5.78. The Balaban J connectivity index is 2.47. The third-order valence-electron chi connectivity index (χ3n) is 2.81. The van der Waals surface area contributed by atoms with Crippen LogP contribution in [0.4, 0.5) is 4.39 Å². The number of hydrogen-bond donors (Lipinski definition) is 2. The van der Waals surface area contributed by atoms with Crippen LogP contribution in [0, 0.1) is 11.7 Å². The van der Waals surface area contributed by atoms with Gasteiger partial charge in [-0.25, -0.2) is 4.39 Å². The Morgan fingerprint density at radius 2 is 1.94 bits per heavy atom. The van der Waals surface area contributed by atoms with Gasteiger partial charge in [0.2, 0.25) is 5.91 Å². The minimum atomic E-state index is -0.309. The highest BCUT2D eigenvalue weighted by Crippen LogP contribution is 2.05. The van der Waals surface area contributed by atoms with E-state index in [0.717, 1.165) is 5.56 Å². The van der Waals surface area contributed by atoms with E-state index in [-0.39, 0.29) is 36.7 Å². The lowest BCUT2D eigenvalue weighted by Crippen LogP contribution is -2.39. The van der Waals surface area contributed by atoms with Gasteiger partial charge in [0.15, 0.2) is 0 Å². The first-order valence-corrected chi connectivity index (χ1v) is 5.67. The van der Waals surface area contributed by atoms with E-state index in [1.165, 1.54) is 12.1 Å². The van der Waals surface area contributed by atoms with Gasteiger partial charge in [0.05, 0.1) is 6.42 Å². The van der Waals surface area contributed by atoms with Crippen molar-refractivity contribution in [1.82, 2.24) is 5.32 Å². The molecule has 0 bridgehead atoms. The molecule has 0 fully saturated rings. The number of carbonyl (C=O) groups is 1. The zero-order valence-corrected chi connectivity index (χ0v) is 10.1. The van der Waals surface area contributed by atoms with Gasteiger partial charge in [-0.2, -0.15) is 0 Å². The molecule has 0 aromatic heterocycles. The number of rotatable bonds is 5. The SMILES string of the molecule is CC(CO)C(C)NC(=O)Cc1ccc(F)cc1. The molecule has 1 aromatic rings. The first kappa shape index (κ1) is 13.6. The van der Waals surface area contributed by atoms with E-state index in [1.807, 2.05) is 13.8 Å². The Morgan fingerprint density at radius 3 is 2.47 bits per heavy atom. The summed E-state index contributed by atoms with van der Waals surface area (Å²) in [7, 11) is 0. The van der Waals surface area contributed by atoms with E-state index in [0.29, 0.717) is 0 Å². The highest BCUT2D eigenvalue weighted by Gasteiger charge is 2.13. The molecule has 0 saturated carbocycles. The predicted octanol–water partition coefficient (Wildman–Crippen LogP) is 1.50. The molecule has 1 amide bonds. The van der Waals surface area contributed by atoms with E-state index >= 15 is 0 Å². The molecule has 0 aliphatic heterocycles. The number of amides is 1. The van der Waals surface area contributed by atoms with Gasteiger partial charge >= 0.3 is 0 Å². The minimum absolute atomic E-state index is 0.0205. The van der Waals surface area contributed by atoms with E-state index < -0.39 is 0 Å². The molecule has 0 aliphatic carbocycles. The molecule has 0 radical (unpaired) electrons. The van der Waals surface area contributed by atoms with Crippen LogP contribution in [0.2, 0.25) is 0 Å². The van der Waals surface area contributed by atoms with Gasteiger partial charge in [-0.1, -0.05) is 19.1 Å². The molecular weight excluding hydrogens is 221 g/mol. The van der Waals surface area contributed by atoms with Crippen LogP contribution in [-0.2, 0) is 11.2 Å². The quantitative estimate of drug-likeness (QED) is 0.818. The predicted molar refractivity (Wildman–Crippen MR) is 64.0 cm³/mol. The molecule has 2 N–H and O–H groups in total. The number of aliphatic hydroxyl groups is 1. The lowest BCUT2D eigenvalue weighted by Gasteiger charge is -2.19. The summed E-state index contributed by atoms with van der Waals surface area (Å²) in [6.45, 7) is 3.75. The maximum atomic E-state index is 12.7. The maximum absolute atomic E-state index is 12.7. The molecule has 1 aromatic carbocycles. The molecule has 4 heteroatoms. The number of aliphatic hydroxyl groups excluding tert-OH is 1. The monoisotopic (exact) mass is 239 g/mol. The smallest absolute Gasteiger partial charge is 0.224 e.